The first-order valence-corrected chi connectivity index (χ1v) is 23.0. The molecule has 0 saturated carbocycles. The fourth-order valence-electron chi connectivity index (χ4n) is 9.90. The highest BCUT2D eigenvalue weighted by atomic mass is 15.2. The summed E-state index contributed by atoms with van der Waals surface area (Å²) in [6.45, 7) is 16.0. The minimum atomic E-state index is 0.000308. The number of hydrogen-bond acceptors (Lipinski definition) is 2. The largest absolute Gasteiger partial charge is 0.309 e. The van der Waals surface area contributed by atoms with E-state index in [0.29, 0.717) is 0 Å². The van der Waals surface area contributed by atoms with Gasteiger partial charge < -0.3 is 9.80 Å². The van der Waals surface area contributed by atoms with Crippen molar-refractivity contribution < 1.29 is 0 Å². The highest BCUT2D eigenvalue weighted by molar-refractivity contribution is 6.29. The zero-order valence-corrected chi connectivity index (χ0v) is 38.2. The summed E-state index contributed by atoms with van der Waals surface area (Å²) >= 11 is 0. The van der Waals surface area contributed by atoms with Crippen molar-refractivity contribution in [3.63, 3.8) is 0 Å². The van der Waals surface area contributed by atoms with E-state index in [-0.39, 0.29) is 5.41 Å². The molecular weight excluding hydrogens is 773 g/mol. The molecule has 0 N–H and O–H groups in total. The second-order valence-electron chi connectivity index (χ2n) is 18.5. The van der Waals surface area contributed by atoms with Crippen molar-refractivity contribution >= 4 is 66.4 Å². The lowest BCUT2D eigenvalue weighted by molar-refractivity contribution is 0.591. The third-order valence-electron chi connectivity index (χ3n) is 13.3. The molecule has 0 heterocycles. The van der Waals surface area contributed by atoms with Gasteiger partial charge in [0.2, 0.25) is 0 Å². The van der Waals surface area contributed by atoms with Crippen LogP contribution in [0.2, 0.25) is 0 Å². The Bertz CT molecular complexity index is 3090. The summed E-state index contributed by atoms with van der Waals surface area (Å²) in [6.07, 6.45) is 1.88. The molecule has 0 spiro atoms. The molecule has 0 atom stereocenters. The Morgan fingerprint density at radius 1 is 0.406 bits per heavy atom. The lowest BCUT2D eigenvalue weighted by atomic mass is 9.83. The lowest BCUT2D eigenvalue weighted by Gasteiger charge is -2.35. The molecule has 10 aromatic rings. The van der Waals surface area contributed by atoms with Crippen LogP contribution in [0.15, 0.2) is 188 Å². The Labute approximate surface area is 379 Å². The molecule has 0 bridgehead atoms. The number of benzene rings is 10. The molecule has 0 fully saturated rings. The molecule has 0 aromatic heterocycles. The topological polar surface area (TPSA) is 6.48 Å². The van der Waals surface area contributed by atoms with Crippen LogP contribution in [0.1, 0.15) is 62.4 Å². The van der Waals surface area contributed by atoms with Crippen LogP contribution in [-0.4, -0.2) is 0 Å². The van der Waals surface area contributed by atoms with Gasteiger partial charge in [-0.3, -0.25) is 0 Å². The van der Waals surface area contributed by atoms with Gasteiger partial charge in [-0.1, -0.05) is 192 Å². The molecule has 0 aliphatic rings. The number of anilines is 6. The molecule has 10 rings (SSSR count). The molecule has 0 amide bonds. The van der Waals surface area contributed by atoms with Crippen LogP contribution in [0.5, 0.6) is 0 Å². The average molecular weight is 829 g/mol. The van der Waals surface area contributed by atoms with E-state index in [9.17, 15) is 0 Å². The van der Waals surface area contributed by atoms with E-state index in [2.05, 4.69) is 246 Å². The SMILES string of the molecule is CCc1cccc(N(c2c(C)cccc2-c2ccccc2)c2cc(N(c3cccc(CC)c3)c3c(C)cccc3-c3ccccc3)c3ccc4cc(C(C)(C)C)cc5ccc2c3c54)c1. The number of nitrogens with zero attached hydrogens (tertiary/aromatic N) is 2. The number of para-hydroxylation sites is 2. The van der Waals surface area contributed by atoms with E-state index in [1.807, 2.05) is 0 Å². The number of aryl methyl sites for hydroxylation is 4. The average Bonchev–Trinajstić information content (AvgIpc) is 3.32. The van der Waals surface area contributed by atoms with Crippen LogP contribution < -0.4 is 9.80 Å². The van der Waals surface area contributed by atoms with Crippen LogP contribution >= 0.6 is 0 Å². The van der Waals surface area contributed by atoms with Gasteiger partial charge >= 0.3 is 0 Å². The van der Waals surface area contributed by atoms with Gasteiger partial charge in [0.1, 0.15) is 0 Å². The third-order valence-corrected chi connectivity index (χ3v) is 13.3. The Morgan fingerprint density at radius 3 is 1.27 bits per heavy atom. The second-order valence-corrected chi connectivity index (χ2v) is 18.5. The highest BCUT2D eigenvalue weighted by Crippen LogP contribution is 2.54. The van der Waals surface area contributed by atoms with Crippen LogP contribution in [0.4, 0.5) is 34.1 Å². The predicted molar refractivity (Wildman–Crippen MR) is 277 cm³/mol. The van der Waals surface area contributed by atoms with E-state index >= 15 is 0 Å². The Kier molecular flexibility index (Phi) is 10.6. The van der Waals surface area contributed by atoms with Gasteiger partial charge in [0.25, 0.3) is 0 Å². The second kappa shape index (κ2) is 16.5. The van der Waals surface area contributed by atoms with Crippen molar-refractivity contribution in [2.75, 3.05) is 9.80 Å². The van der Waals surface area contributed by atoms with Crippen molar-refractivity contribution in [3.8, 4) is 22.3 Å². The zero-order chi connectivity index (χ0) is 44.1. The van der Waals surface area contributed by atoms with E-state index in [4.69, 9.17) is 0 Å². The normalized spacial score (nSPS) is 11.8. The molecule has 2 heteroatoms. The van der Waals surface area contributed by atoms with Gasteiger partial charge in [-0.2, -0.15) is 0 Å². The van der Waals surface area contributed by atoms with E-state index in [1.54, 1.807) is 0 Å². The smallest absolute Gasteiger partial charge is 0.0569 e. The summed E-state index contributed by atoms with van der Waals surface area (Å²) in [6, 6.07) is 70.6. The van der Waals surface area contributed by atoms with E-state index in [1.165, 1.54) is 93.8 Å². The van der Waals surface area contributed by atoms with E-state index < -0.39 is 0 Å². The van der Waals surface area contributed by atoms with Crippen molar-refractivity contribution in [1.29, 1.82) is 0 Å². The molecule has 64 heavy (non-hydrogen) atoms. The zero-order valence-electron chi connectivity index (χ0n) is 38.2. The van der Waals surface area contributed by atoms with Crippen molar-refractivity contribution in [3.05, 3.63) is 216 Å². The Morgan fingerprint density at radius 2 is 0.844 bits per heavy atom. The van der Waals surface area contributed by atoms with Crippen LogP contribution in [-0.2, 0) is 18.3 Å². The standard InChI is InChI=1S/C62H56N2/c1-8-43-22-18-28-50(36-43)63(60-41(3)20-16-30-52(60)45-24-12-10-13-25-45)56-40-57(55-35-33-48-39-49(62(5,6)7)38-47-32-34-54(56)59(55)58(47)48)64(51-29-19-23-44(9-2)37-51)61-42(4)21-17-31-53(61)46-26-14-11-15-27-46/h10-40H,8-9H2,1-7H3. The molecule has 10 aromatic carbocycles. The molecule has 0 saturated heterocycles. The van der Waals surface area contributed by atoms with Crippen molar-refractivity contribution in [2.45, 2.75) is 66.7 Å². The van der Waals surface area contributed by atoms with Crippen LogP contribution in [0.25, 0.3) is 54.6 Å². The summed E-state index contributed by atoms with van der Waals surface area (Å²) in [5, 5.41) is 7.56. The molecular formula is C62H56N2. The maximum atomic E-state index is 2.57. The van der Waals surface area contributed by atoms with Gasteiger partial charge in [-0.05, 0) is 118 Å². The minimum absolute atomic E-state index is 0.000308. The van der Waals surface area contributed by atoms with Crippen molar-refractivity contribution in [1.82, 2.24) is 0 Å². The molecule has 0 unspecified atom stereocenters. The van der Waals surface area contributed by atoms with Gasteiger partial charge in [-0.25, -0.2) is 0 Å². The summed E-state index contributed by atoms with van der Waals surface area (Å²) in [5.74, 6) is 0. The quantitative estimate of drug-likeness (QED) is 0.127. The first kappa shape index (κ1) is 40.9. The van der Waals surface area contributed by atoms with Crippen LogP contribution in [0.3, 0.4) is 0 Å². The molecule has 0 radical (unpaired) electrons. The molecule has 0 aliphatic carbocycles. The summed E-state index contributed by atoms with van der Waals surface area (Å²) in [4.78, 5) is 5.15. The molecule has 0 aliphatic heterocycles. The summed E-state index contributed by atoms with van der Waals surface area (Å²) in [7, 11) is 0. The fourth-order valence-corrected chi connectivity index (χ4v) is 9.90. The molecule has 314 valence electrons. The van der Waals surface area contributed by atoms with Crippen molar-refractivity contribution in [2.24, 2.45) is 0 Å². The first-order chi connectivity index (χ1) is 31.1. The first-order valence-electron chi connectivity index (χ1n) is 23.0. The molecule has 2 nitrogen and oxygen atoms in total. The summed E-state index contributed by atoms with van der Waals surface area (Å²) in [5.41, 5.74) is 18.1. The summed E-state index contributed by atoms with van der Waals surface area (Å²) < 4.78 is 0. The minimum Gasteiger partial charge on any atom is -0.309 e. The lowest BCUT2D eigenvalue weighted by Crippen LogP contribution is -2.17. The Hall–Kier alpha value is -7.16. The van der Waals surface area contributed by atoms with Gasteiger partial charge in [0.15, 0.2) is 0 Å². The van der Waals surface area contributed by atoms with E-state index in [0.717, 1.165) is 35.6 Å². The third kappa shape index (κ3) is 7.18. The monoisotopic (exact) mass is 828 g/mol. The fraction of sp³-hybridized carbons (Fsp3) is 0.161. The van der Waals surface area contributed by atoms with Gasteiger partial charge in [-0.15, -0.1) is 0 Å². The number of hydrogen-bond donors (Lipinski definition) is 0. The highest BCUT2D eigenvalue weighted by Gasteiger charge is 2.29. The maximum Gasteiger partial charge on any atom is 0.0569 e. The van der Waals surface area contributed by atoms with Crippen LogP contribution in [0, 0.1) is 13.8 Å². The maximum absolute atomic E-state index is 2.57. The Balaban J connectivity index is 1.41. The van der Waals surface area contributed by atoms with Gasteiger partial charge in [0, 0.05) is 38.7 Å². The predicted octanol–water partition coefficient (Wildman–Crippen LogP) is 17.9. The number of rotatable bonds is 10. The van der Waals surface area contributed by atoms with Gasteiger partial charge in [0.05, 0.1) is 22.7 Å².